The number of esters is 4. The maximum atomic E-state index is 13.1. The summed E-state index contributed by atoms with van der Waals surface area (Å²) >= 11 is 0. The van der Waals surface area contributed by atoms with Crippen molar-refractivity contribution in [3.63, 3.8) is 0 Å². The van der Waals surface area contributed by atoms with Crippen LogP contribution in [0.1, 0.15) is 285 Å². The molecule has 0 rings (SSSR count). The van der Waals surface area contributed by atoms with Gasteiger partial charge in [-0.05, 0) is 161 Å². The molecule has 19 heteroatoms. The van der Waals surface area contributed by atoms with Gasteiger partial charge in [-0.3, -0.25) is 37.3 Å². The van der Waals surface area contributed by atoms with Crippen LogP contribution in [-0.4, -0.2) is 96.7 Å². The Hall–Kier alpha value is -5.32. The smallest absolute Gasteiger partial charge is 0.462 e. The molecule has 0 aliphatic heterocycles. The van der Waals surface area contributed by atoms with E-state index in [2.05, 4.69) is 186 Å². The summed E-state index contributed by atoms with van der Waals surface area (Å²) in [7, 11) is -9.99. The second kappa shape index (κ2) is 74.0. The molecule has 0 aromatic carbocycles. The summed E-state index contributed by atoms with van der Waals surface area (Å²) in [5.41, 5.74) is 0. The number of carbonyl (C=O) groups is 4. The minimum Gasteiger partial charge on any atom is -0.462 e. The maximum Gasteiger partial charge on any atom is 0.472 e. The van der Waals surface area contributed by atoms with E-state index >= 15 is 0 Å². The monoisotopic (exact) mass is 1470 g/mol. The van der Waals surface area contributed by atoms with E-state index in [1.807, 2.05) is 0 Å². The molecule has 0 aliphatic carbocycles. The first-order valence-corrected chi connectivity index (χ1v) is 41.7. The molecule has 0 saturated heterocycles. The van der Waals surface area contributed by atoms with Crippen molar-refractivity contribution in [1.29, 1.82) is 0 Å². The average molecular weight is 1470 g/mol. The van der Waals surface area contributed by atoms with Gasteiger partial charge in [0, 0.05) is 25.7 Å². The van der Waals surface area contributed by atoms with Crippen molar-refractivity contribution < 1.29 is 80.2 Å². The third-order valence-corrected chi connectivity index (χ3v) is 17.4. The quantitative estimate of drug-likeness (QED) is 0.0169. The van der Waals surface area contributed by atoms with Crippen molar-refractivity contribution in [3.8, 4) is 0 Å². The fraction of sp³-hybridized carbons (Fsp3) is 0.639. The number of allylic oxidation sites excluding steroid dienone is 26. The van der Waals surface area contributed by atoms with Gasteiger partial charge in [-0.25, -0.2) is 9.13 Å². The molecule has 0 aliphatic rings. The maximum absolute atomic E-state index is 13.1. The topological polar surface area (TPSA) is 237 Å². The average Bonchev–Trinajstić information content (AvgIpc) is 0.926. The summed E-state index contributed by atoms with van der Waals surface area (Å²) < 4.78 is 68.4. The van der Waals surface area contributed by atoms with E-state index in [0.29, 0.717) is 32.1 Å². The Kier molecular flexibility index (Phi) is 70.1. The summed E-state index contributed by atoms with van der Waals surface area (Å²) in [4.78, 5) is 72.9. The van der Waals surface area contributed by atoms with Crippen LogP contribution >= 0.6 is 15.6 Å². The van der Waals surface area contributed by atoms with Gasteiger partial charge in [0.1, 0.15) is 19.3 Å². The molecule has 0 aromatic heterocycles. The summed E-state index contributed by atoms with van der Waals surface area (Å²) in [6.45, 7) is 4.37. The first-order valence-electron chi connectivity index (χ1n) is 38.7. The van der Waals surface area contributed by atoms with Gasteiger partial charge in [0.05, 0.1) is 26.4 Å². The van der Waals surface area contributed by atoms with Crippen LogP contribution in [0.3, 0.4) is 0 Å². The summed E-state index contributed by atoms with van der Waals surface area (Å²) in [6.07, 6.45) is 85.3. The van der Waals surface area contributed by atoms with Gasteiger partial charge in [0.2, 0.25) is 0 Å². The lowest BCUT2D eigenvalue weighted by atomic mass is 10.1. The summed E-state index contributed by atoms with van der Waals surface area (Å²) in [5.74, 6) is -2.29. The van der Waals surface area contributed by atoms with Crippen LogP contribution < -0.4 is 0 Å². The van der Waals surface area contributed by atoms with Gasteiger partial charge in [0.15, 0.2) is 12.2 Å². The number of unbranched alkanes of at least 4 members (excludes halogenated alkanes) is 19. The SMILES string of the molecule is CC/C=C\C/C=C\C/C=C\C/C=C\C/C=C\CCCCCC(=O)OCC(COP(=O)(O)OCC(O)COP(=O)(O)OCC(COC(=O)CCCCCCCCC/C=C\C/C=C\C/C=C\CC)OC(=O)CCCC/C=C\C/C=C\C/C=C\C/C=C\CC)OC(=O)CCCCCCC/C=C\CCCC. The van der Waals surface area contributed by atoms with E-state index in [9.17, 15) is 43.2 Å². The Labute approximate surface area is 617 Å². The molecule has 0 aromatic rings. The minimum atomic E-state index is -5.00. The minimum absolute atomic E-state index is 0.0349. The fourth-order valence-corrected chi connectivity index (χ4v) is 11.2. The van der Waals surface area contributed by atoms with Gasteiger partial charge in [0.25, 0.3) is 0 Å². The van der Waals surface area contributed by atoms with Crippen molar-refractivity contribution in [2.45, 2.75) is 303 Å². The van der Waals surface area contributed by atoms with Crippen molar-refractivity contribution >= 4 is 39.5 Å². The third kappa shape index (κ3) is 73.0. The van der Waals surface area contributed by atoms with Crippen LogP contribution in [0.5, 0.6) is 0 Å². The highest BCUT2D eigenvalue weighted by Crippen LogP contribution is 2.45. The normalized spacial score (nSPS) is 14.8. The van der Waals surface area contributed by atoms with Gasteiger partial charge in [-0.15, -0.1) is 0 Å². The number of aliphatic hydroxyl groups excluding tert-OH is 1. The number of hydrogen-bond donors (Lipinski definition) is 3. The largest absolute Gasteiger partial charge is 0.472 e. The van der Waals surface area contributed by atoms with Gasteiger partial charge in [-0.2, -0.15) is 0 Å². The Morgan fingerprint density at radius 1 is 0.284 bits per heavy atom. The molecular weight excluding hydrogens is 1330 g/mol. The van der Waals surface area contributed by atoms with E-state index in [1.165, 1.54) is 12.8 Å². The first kappa shape index (κ1) is 96.7. The predicted octanol–water partition coefficient (Wildman–Crippen LogP) is 22.4. The van der Waals surface area contributed by atoms with Crippen LogP contribution in [0.15, 0.2) is 158 Å². The standard InChI is InChI=1S/C83H136O17P2/c1-5-9-13-17-21-25-29-32-35-37-38-40-43-45-49-52-56-60-64-68-80(85)93-73-78(99-82(87)69-65-61-57-53-47-28-24-20-16-12-8-4)75-97-101(89,90)95-71-77(84)72-96-102(91,92)98-76-79(100-83(88)70-66-62-58-54-50-46-41-34-31-27-23-19-15-11-7-3)74-94-81(86)67-63-59-55-51-48-44-42-39-36-33-30-26-22-18-14-10-6-2/h9-11,13-15,20-27,32-36,38,40-41,45,49-50,54,77-79,84H,5-8,12,16-19,28-31,37,39,42-44,46-48,51-53,55-76H2,1-4H3,(H,89,90)(H,91,92)/b13-9-,14-10-,15-11-,24-20-,25-21-,26-22-,27-23-,35-32-,36-33-,40-38-,41-34-,49-45-,54-50-. The Morgan fingerprint density at radius 2 is 0.510 bits per heavy atom. The van der Waals surface area contributed by atoms with E-state index in [1.54, 1.807) is 0 Å². The Bertz CT molecular complexity index is 2550. The molecule has 102 heavy (non-hydrogen) atoms. The van der Waals surface area contributed by atoms with Gasteiger partial charge >= 0.3 is 39.5 Å². The predicted molar refractivity (Wildman–Crippen MR) is 417 cm³/mol. The van der Waals surface area contributed by atoms with Gasteiger partial charge < -0.3 is 33.8 Å². The number of rotatable bonds is 71. The van der Waals surface area contributed by atoms with Crippen LogP contribution in [-0.2, 0) is 65.4 Å². The third-order valence-electron chi connectivity index (χ3n) is 15.5. The fourth-order valence-electron chi connectivity index (χ4n) is 9.64. The second-order valence-corrected chi connectivity index (χ2v) is 28.1. The molecular formula is C83H136O17P2. The molecule has 0 spiro atoms. The molecule has 0 saturated carbocycles. The zero-order chi connectivity index (χ0) is 74.6. The van der Waals surface area contributed by atoms with Crippen molar-refractivity contribution in [1.82, 2.24) is 0 Å². The number of phosphoric ester groups is 2. The lowest BCUT2D eigenvalue weighted by molar-refractivity contribution is -0.161. The molecule has 0 radical (unpaired) electrons. The van der Waals surface area contributed by atoms with E-state index < -0.39 is 97.5 Å². The summed E-state index contributed by atoms with van der Waals surface area (Å²) in [5, 5.41) is 10.6. The highest BCUT2D eigenvalue weighted by Gasteiger charge is 2.30. The Morgan fingerprint density at radius 3 is 0.824 bits per heavy atom. The molecule has 5 unspecified atom stereocenters. The van der Waals surface area contributed by atoms with Crippen LogP contribution in [0.25, 0.3) is 0 Å². The highest BCUT2D eigenvalue weighted by molar-refractivity contribution is 7.47. The molecule has 0 heterocycles. The lowest BCUT2D eigenvalue weighted by Gasteiger charge is -2.21. The van der Waals surface area contributed by atoms with Crippen molar-refractivity contribution in [3.05, 3.63) is 158 Å². The molecule has 0 fully saturated rings. The molecule has 3 N–H and O–H groups in total. The number of aliphatic hydroxyl groups is 1. The Balaban J connectivity index is 5.40. The molecule has 0 amide bonds. The van der Waals surface area contributed by atoms with Crippen molar-refractivity contribution in [2.75, 3.05) is 39.6 Å². The molecule has 580 valence electrons. The zero-order valence-corrected chi connectivity index (χ0v) is 65.0. The molecule has 5 atom stereocenters. The zero-order valence-electron chi connectivity index (χ0n) is 63.2. The van der Waals surface area contributed by atoms with E-state index in [0.717, 1.165) is 186 Å². The summed E-state index contributed by atoms with van der Waals surface area (Å²) in [6, 6.07) is 0. The van der Waals surface area contributed by atoms with E-state index in [4.69, 9.17) is 37.0 Å². The van der Waals surface area contributed by atoms with Crippen molar-refractivity contribution in [2.24, 2.45) is 0 Å². The molecule has 17 nitrogen and oxygen atoms in total. The lowest BCUT2D eigenvalue weighted by Crippen LogP contribution is -2.30. The number of carbonyl (C=O) groups excluding carboxylic acids is 4. The van der Waals surface area contributed by atoms with Crippen LogP contribution in [0.2, 0.25) is 0 Å². The highest BCUT2D eigenvalue weighted by atomic mass is 31.2. The van der Waals surface area contributed by atoms with Gasteiger partial charge in [-0.1, -0.05) is 256 Å². The first-order chi connectivity index (χ1) is 49.7. The second-order valence-electron chi connectivity index (χ2n) is 25.1. The number of hydrogen-bond acceptors (Lipinski definition) is 15. The number of phosphoric acid groups is 2. The van der Waals surface area contributed by atoms with Crippen LogP contribution in [0.4, 0.5) is 0 Å². The van der Waals surface area contributed by atoms with Crippen LogP contribution in [0, 0.1) is 0 Å². The molecule has 0 bridgehead atoms. The number of ether oxygens (including phenoxy) is 4. The van der Waals surface area contributed by atoms with E-state index in [-0.39, 0.29) is 25.7 Å².